The Morgan fingerprint density at radius 3 is 2.78 bits per heavy atom. The van der Waals surface area contributed by atoms with Crippen LogP contribution in [-0.2, 0) is 13.1 Å². The summed E-state index contributed by atoms with van der Waals surface area (Å²) in [6.07, 6.45) is 2.00. The van der Waals surface area contributed by atoms with Crippen molar-refractivity contribution >= 4 is 11.4 Å². The van der Waals surface area contributed by atoms with Crippen molar-refractivity contribution in [3.63, 3.8) is 0 Å². The summed E-state index contributed by atoms with van der Waals surface area (Å²) in [4.78, 5) is 10.5. The van der Waals surface area contributed by atoms with E-state index in [0.29, 0.717) is 12.2 Å². The molecule has 18 heavy (non-hydrogen) atoms. The number of nitro benzene ring substituents is 1. The fraction of sp³-hybridized carbons (Fsp3) is 0.231. The Morgan fingerprint density at radius 1 is 1.28 bits per heavy atom. The van der Waals surface area contributed by atoms with Gasteiger partial charge in [0.2, 0.25) is 0 Å². The zero-order valence-corrected chi connectivity index (χ0v) is 10.2. The van der Waals surface area contributed by atoms with Gasteiger partial charge in [0.05, 0.1) is 11.5 Å². The predicted octanol–water partition coefficient (Wildman–Crippen LogP) is 3.03. The third-order valence-electron chi connectivity index (χ3n) is 2.82. The molecule has 0 saturated carbocycles. The third kappa shape index (κ3) is 2.51. The molecule has 0 atom stereocenters. The number of para-hydroxylation sites is 2. The maximum atomic E-state index is 10.9. The second kappa shape index (κ2) is 5.35. The minimum Gasteiger partial charge on any atom is -0.374 e. The van der Waals surface area contributed by atoms with E-state index < -0.39 is 0 Å². The maximum absolute atomic E-state index is 10.9. The Kier molecular flexibility index (Phi) is 3.62. The van der Waals surface area contributed by atoms with Crippen molar-refractivity contribution in [2.45, 2.75) is 20.0 Å². The van der Waals surface area contributed by atoms with Crippen LogP contribution >= 0.6 is 0 Å². The van der Waals surface area contributed by atoms with Gasteiger partial charge in [0.15, 0.2) is 0 Å². The second-order valence-corrected chi connectivity index (χ2v) is 3.91. The Hall–Kier alpha value is -2.30. The van der Waals surface area contributed by atoms with Gasteiger partial charge in [0.1, 0.15) is 5.69 Å². The van der Waals surface area contributed by atoms with Crippen molar-refractivity contribution < 1.29 is 4.92 Å². The average Bonchev–Trinajstić information content (AvgIpc) is 2.84. The minimum atomic E-state index is -0.374. The van der Waals surface area contributed by atoms with Crippen LogP contribution in [0.5, 0.6) is 0 Å². The first-order valence-corrected chi connectivity index (χ1v) is 5.83. The van der Waals surface area contributed by atoms with Crippen LogP contribution in [0.4, 0.5) is 11.4 Å². The maximum Gasteiger partial charge on any atom is 0.292 e. The van der Waals surface area contributed by atoms with Gasteiger partial charge >= 0.3 is 0 Å². The SMILES string of the molecule is CCn1cccc1CNc1ccccc1[N+](=O)[O-]. The minimum absolute atomic E-state index is 0.104. The van der Waals surface area contributed by atoms with Gasteiger partial charge in [0.25, 0.3) is 5.69 Å². The van der Waals surface area contributed by atoms with Crippen LogP contribution in [0.3, 0.4) is 0 Å². The number of aryl methyl sites for hydroxylation is 1. The van der Waals surface area contributed by atoms with Gasteiger partial charge < -0.3 is 9.88 Å². The fourth-order valence-corrected chi connectivity index (χ4v) is 1.89. The molecule has 94 valence electrons. The molecule has 1 heterocycles. The van der Waals surface area contributed by atoms with Crippen molar-refractivity contribution in [3.05, 3.63) is 58.4 Å². The lowest BCUT2D eigenvalue weighted by molar-refractivity contribution is -0.384. The molecular formula is C13H15N3O2. The molecule has 0 saturated heterocycles. The standard InChI is InChI=1S/C13H15N3O2/c1-2-15-9-5-6-11(15)10-14-12-7-3-4-8-13(12)16(17)18/h3-9,14H,2,10H2,1H3. The number of aromatic nitrogens is 1. The van der Waals surface area contributed by atoms with Gasteiger partial charge in [-0.1, -0.05) is 12.1 Å². The zero-order valence-electron chi connectivity index (χ0n) is 10.2. The van der Waals surface area contributed by atoms with E-state index in [4.69, 9.17) is 0 Å². The zero-order chi connectivity index (χ0) is 13.0. The lowest BCUT2D eigenvalue weighted by Gasteiger charge is -2.09. The molecule has 0 radical (unpaired) electrons. The summed E-state index contributed by atoms with van der Waals surface area (Å²) >= 11 is 0. The molecule has 1 aromatic carbocycles. The van der Waals surface area contributed by atoms with Gasteiger partial charge in [-0.05, 0) is 25.1 Å². The van der Waals surface area contributed by atoms with Gasteiger partial charge in [-0.15, -0.1) is 0 Å². The first-order chi connectivity index (χ1) is 8.72. The fourth-order valence-electron chi connectivity index (χ4n) is 1.89. The molecule has 0 amide bonds. The van der Waals surface area contributed by atoms with Crippen LogP contribution in [0.25, 0.3) is 0 Å². The average molecular weight is 245 g/mol. The lowest BCUT2D eigenvalue weighted by atomic mass is 10.2. The monoisotopic (exact) mass is 245 g/mol. The number of anilines is 1. The van der Waals surface area contributed by atoms with Crippen molar-refractivity contribution in [1.82, 2.24) is 4.57 Å². The smallest absolute Gasteiger partial charge is 0.292 e. The topological polar surface area (TPSA) is 60.1 Å². The molecule has 0 bridgehead atoms. The van der Waals surface area contributed by atoms with Gasteiger partial charge in [0, 0.05) is 24.5 Å². The molecule has 0 spiro atoms. The first-order valence-electron chi connectivity index (χ1n) is 5.83. The quantitative estimate of drug-likeness (QED) is 0.650. The Bertz CT molecular complexity index is 549. The number of benzene rings is 1. The van der Waals surface area contributed by atoms with Crippen LogP contribution in [0, 0.1) is 10.1 Å². The van der Waals surface area contributed by atoms with E-state index in [1.807, 2.05) is 18.3 Å². The second-order valence-electron chi connectivity index (χ2n) is 3.91. The third-order valence-corrected chi connectivity index (χ3v) is 2.82. The summed E-state index contributed by atoms with van der Waals surface area (Å²) in [6, 6.07) is 10.6. The van der Waals surface area contributed by atoms with E-state index in [0.717, 1.165) is 12.2 Å². The summed E-state index contributed by atoms with van der Waals surface area (Å²) < 4.78 is 2.10. The van der Waals surface area contributed by atoms with Gasteiger partial charge in [-0.2, -0.15) is 0 Å². The number of hydrogen-bond acceptors (Lipinski definition) is 3. The molecule has 0 aliphatic heterocycles. The molecular weight excluding hydrogens is 230 g/mol. The van der Waals surface area contributed by atoms with Crippen molar-refractivity contribution in [2.75, 3.05) is 5.32 Å². The number of nitro groups is 1. The lowest BCUT2D eigenvalue weighted by Crippen LogP contribution is -2.07. The number of nitrogens with zero attached hydrogens (tertiary/aromatic N) is 2. The summed E-state index contributed by atoms with van der Waals surface area (Å²) in [5.41, 5.74) is 1.76. The van der Waals surface area contributed by atoms with E-state index in [9.17, 15) is 10.1 Å². The molecule has 1 aromatic heterocycles. The van der Waals surface area contributed by atoms with Crippen LogP contribution in [0.2, 0.25) is 0 Å². The van der Waals surface area contributed by atoms with E-state index in [-0.39, 0.29) is 10.6 Å². The van der Waals surface area contributed by atoms with E-state index in [1.54, 1.807) is 18.2 Å². The number of hydrogen-bond donors (Lipinski definition) is 1. The highest BCUT2D eigenvalue weighted by molar-refractivity contribution is 5.61. The van der Waals surface area contributed by atoms with Crippen LogP contribution < -0.4 is 5.32 Å². The van der Waals surface area contributed by atoms with Crippen molar-refractivity contribution in [2.24, 2.45) is 0 Å². The number of nitrogens with one attached hydrogen (secondary N) is 1. The van der Waals surface area contributed by atoms with Crippen LogP contribution in [-0.4, -0.2) is 9.49 Å². The van der Waals surface area contributed by atoms with Gasteiger partial charge in [-0.25, -0.2) is 0 Å². The molecule has 0 aliphatic carbocycles. The summed E-state index contributed by atoms with van der Waals surface area (Å²) in [7, 11) is 0. The highest BCUT2D eigenvalue weighted by Crippen LogP contribution is 2.23. The van der Waals surface area contributed by atoms with Crippen molar-refractivity contribution in [1.29, 1.82) is 0 Å². The molecule has 5 nitrogen and oxygen atoms in total. The molecule has 0 unspecified atom stereocenters. The largest absolute Gasteiger partial charge is 0.374 e. The molecule has 0 fully saturated rings. The Balaban J connectivity index is 2.13. The molecule has 2 aromatic rings. The highest BCUT2D eigenvalue weighted by Gasteiger charge is 2.11. The van der Waals surface area contributed by atoms with Crippen LogP contribution in [0.15, 0.2) is 42.6 Å². The predicted molar refractivity (Wildman–Crippen MR) is 70.5 cm³/mol. The van der Waals surface area contributed by atoms with E-state index in [1.165, 1.54) is 6.07 Å². The summed E-state index contributed by atoms with van der Waals surface area (Å²) in [5, 5.41) is 14.0. The highest BCUT2D eigenvalue weighted by atomic mass is 16.6. The molecule has 2 rings (SSSR count). The van der Waals surface area contributed by atoms with Crippen molar-refractivity contribution in [3.8, 4) is 0 Å². The summed E-state index contributed by atoms with van der Waals surface area (Å²) in [6.45, 7) is 3.53. The van der Waals surface area contributed by atoms with E-state index >= 15 is 0 Å². The normalized spacial score (nSPS) is 10.3. The number of rotatable bonds is 5. The molecule has 0 aliphatic rings. The Morgan fingerprint density at radius 2 is 2.06 bits per heavy atom. The van der Waals surface area contributed by atoms with Crippen LogP contribution in [0.1, 0.15) is 12.6 Å². The Labute approximate surface area is 105 Å². The first kappa shape index (κ1) is 12.2. The molecule has 1 N–H and O–H groups in total. The molecule has 5 heteroatoms. The van der Waals surface area contributed by atoms with E-state index in [2.05, 4.69) is 16.8 Å². The summed E-state index contributed by atoms with van der Waals surface area (Å²) in [5.74, 6) is 0. The van der Waals surface area contributed by atoms with Gasteiger partial charge in [-0.3, -0.25) is 10.1 Å².